The van der Waals surface area contributed by atoms with Crippen molar-refractivity contribution in [3.63, 3.8) is 0 Å². The van der Waals surface area contributed by atoms with E-state index in [-0.39, 0.29) is 0 Å². The van der Waals surface area contributed by atoms with E-state index in [4.69, 9.17) is 10.8 Å². The van der Waals surface area contributed by atoms with Gasteiger partial charge in [0.15, 0.2) is 0 Å². The highest BCUT2D eigenvalue weighted by Gasteiger charge is 1.96. The molecule has 1 heterocycles. The Morgan fingerprint density at radius 3 is 3.17 bits per heavy atom. The van der Waals surface area contributed by atoms with Gasteiger partial charge in [-0.15, -0.1) is 11.3 Å². The van der Waals surface area contributed by atoms with Crippen LogP contribution in [-0.2, 0) is 6.42 Å². The van der Waals surface area contributed by atoms with Gasteiger partial charge < -0.3 is 0 Å². The molecule has 0 saturated heterocycles. The minimum Gasteiger partial charge on any atom is -0.192 e. The molecule has 0 aromatic carbocycles. The van der Waals surface area contributed by atoms with Gasteiger partial charge >= 0.3 is 0 Å². The predicted octanol–water partition coefficient (Wildman–Crippen LogP) is 2.47. The topological polar surface area (TPSA) is 72.5 Å². The lowest BCUT2D eigenvalue weighted by molar-refractivity contribution is 0.974. The second-order valence-corrected chi connectivity index (χ2v) is 3.11. The number of nitrogens with zero attached hydrogens (tertiary/aromatic N) is 4. The van der Waals surface area contributed by atoms with Gasteiger partial charge in [0.1, 0.15) is 0 Å². The van der Waals surface area contributed by atoms with Crippen LogP contribution in [0.2, 0.25) is 0 Å². The first-order chi connectivity index (χ1) is 5.86. The molecule has 0 aliphatic heterocycles. The Hall–Kier alpha value is -1.50. The zero-order valence-corrected chi connectivity index (χ0v) is 7.08. The highest BCUT2D eigenvalue weighted by Crippen LogP contribution is 2.14. The molecule has 0 bridgehead atoms. The van der Waals surface area contributed by atoms with Gasteiger partial charge in [-0.1, -0.05) is 5.11 Å². The van der Waals surface area contributed by atoms with E-state index in [1.165, 1.54) is 11.3 Å². The number of hydrogen-bond donors (Lipinski definition) is 0. The van der Waals surface area contributed by atoms with Crippen molar-refractivity contribution < 1.29 is 0 Å². The van der Waals surface area contributed by atoms with Gasteiger partial charge in [-0.05, 0) is 18.0 Å². The molecule has 4 nitrogen and oxygen atoms in total. The van der Waals surface area contributed by atoms with E-state index in [0.29, 0.717) is 12.1 Å². The molecule has 1 rings (SSSR count). The van der Waals surface area contributed by atoms with Crippen molar-refractivity contribution in [1.82, 2.24) is 0 Å². The van der Waals surface area contributed by atoms with Crippen molar-refractivity contribution in [2.24, 2.45) is 5.11 Å². The Morgan fingerprint density at radius 1 is 1.75 bits per heavy atom. The summed E-state index contributed by atoms with van der Waals surface area (Å²) in [5.74, 6) is 0. The molecule has 0 radical (unpaired) electrons. The monoisotopic (exact) mass is 178 g/mol. The summed E-state index contributed by atoms with van der Waals surface area (Å²) in [7, 11) is 0. The van der Waals surface area contributed by atoms with Crippen LogP contribution in [0.15, 0.2) is 16.6 Å². The molecule has 1 aromatic rings. The lowest BCUT2D eigenvalue weighted by Gasteiger charge is -1.86. The molecule has 5 heteroatoms. The van der Waals surface area contributed by atoms with Crippen LogP contribution in [0.3, 0.4) is 0 Å². The van der Waals surface area contributed by atoms with Crippen molar-refractivity contribution in [2.75, 3.05) is 6.54 Å². The second kappa shape index (κ2) is 4.39. The van der Waals surface area contributed by atoms with Gasteiger partial charge in [-0.25, -0.2) is 0 Å². The summed E-state index contributed by atoms with van der Waals surface area (Å²) in [4.78, 5) is 3.72. The Kier molecular flexibility index (Phi) is 3.15. The first kappa shape index (κ1) is 8.60. The minimum absolute atomic E-state index is 0.460. The fraction of sp³-hybridized carbons (Fsp3) is 0.286. The molecule has 0 unspecified atom stereocenters. The SMILES string of the molecule is N#Cc1csc(CCN=[N+]=[N-])c1. The molecule has 0 N–H and O–H groups in total. The molecule has 60 valence electrons. The van der Waals surface area contributed by atoms with Crippen LogP contribution in [0.25, 0.3) is 10.4 Å². The van der Waals surface area contributed by atoms with Crippen LogP contribution in [0.4, 0.5) is 0 Å². The summed E-state index contributed by atoms with van der Waals surface area (Å²) in [6.07, 6.45) is 0.719. The number of thiophene rings is 1. The summed E-state index contributed by atoms with van der Waals surface area (Å²) in [5.41, 5.74) is 8.68. The molecule has 12 heavy (non-hydrogen) atoms. The predicted molar refractivity (Wildman–Crippen MR) is 46.8 cm³/mol. The summed E-state index contributed by atoms with van der Waals surface area (Å²) in [6.45, 7) is 0.460. The second-order valence-electron chi connectivity index (χ2n) is 2.12. The maximum atomic E-state index is 8.50. The molecule has 0 saturated carbocycles. The maximum absolute atomic E-state index is 8.50. The molecular formula is C7H6N4S. The van der Waals surface area contributed by atoms with E-state index in [0.717, 1.165) is 11.3 Å². The number of nitriles is 1. The van der Waals surface area contributed by atoms with Crippen LogP contribution >= 0.6 is 11.3 Å². The van der Waals surface area contributed by atoms with Crippen LogP contribution in [-0.4, -0.2) is 6.54 Å². The van der Waals surface area contributed by atoms with Crippen molar-refractivity contribution in [3.8, 4) is 6.07 Å². The Bertz CT molecular complexity index is 343. The fourth-order valence-electron chi connectivity index (χ4n) is 0.775. The lowest BCUT2D eigenvalue weighted by atomic mass is 10.3. The summed E-state index contributed by atoms with van der Waals surface area (Å²) in [5, 5.41) is 13.7. The molecule has 0 atom stereocenters. The smallest absolute Gasteiger partial charge is 0.1000 e. The van der Waals surface area contributed by atoms with Crippen molar-refractivity contribution >= 4 is 11.3 Å². The third-order valence-corrected chi connectivity index (χ3v) is 2.30. The number of azide groups is 1. The molecular weight excluding hydrogens is 172 g/mol. The van der Waals surface area contributed by atoms with Crippen LogP contribution in [0.1, 0.15) is 10.4 Å². The van der Waals surface area contributed by atoms with Gasteiger partial charge in [0.05, 0.1) is 11.6 Å². The van der Waals surface area contributed by atoms with E-state index in [9.17, 15) is 0 Å². The third-order valence-electron chi connectivity index (χ3n) is 1.30. The van der Waals surface area contributed by atoms with E-state index in [1.807, 2.05) is 12.1 Å². The van der Waals surface area contributed by atoms with E-state index < -0.39 is 0 Å². The van der Waals surface area contributed by atoms with E-state index >= 15 is 0 Å². The van der Waals surface area contributed by atoms with Gasteiger partial charge in [0.2, 0.25) is 0 Å². The van der Waals surface area contributed by atoms with Gasteiger partial charge in [0, 0.05) is 21.7 Å². The van der Waals surface area contributed by atoms with Crippen LogP contribution < -0.4 is 0 Å². The van der Waals surface area contributed by atoms with E-state index in [1.54, 1.807) is 5.38 Å². The molecule has 1 aromatic heterocycles. The molecule has 0 aliphatic rings. The largest absolute Gasteiger partial charge is 0.192 e. The Labute approximate surface area is 73.7 Å². The van der Waals surface area contributed by atoms with Crippen LogP contribution in [0.5, 0.6) is 0 Å². The van der Waals surface area contributed by atoms with Crippen molar-refractivity contribution in [1.29, 1.82) is 5.26 Å². The first-order valence-corrected chi connectivity index (χ1v) is 4.23. The Morgan fingerprint density at radius 2 is 2.58 bits per heavy atom. The zero-order chi connectivity index (χ0) is 8.81. The minimum atomic E-state index is 0.460. The molecule has 0 fully saturated rings. The van der Waals surface area contributed by atoms with Crippen molar-refractivity contribution in [2.45, 2.75) is 6.42 Å². The fourth-order valence-corrected chi connectivity index (χ4v) is 1.58. The normalized spacial score (nSPS) is 8.58. The first-order valence-electron chi connectivity index (χ1n) is 3.35. The summed E-state index contributed by atoms with van der Waals surface area (Å²) >= 11 is 1.52. The molecule has 0 aliphatic carbocycles. The maximum Gasteiger partial charge on any atom is 0.1000 e. The summed E-state index contributed by atoms with van der Waals surface area (Å²) < 4.78 is 0. The molecule has 0 amide bonds. The van der Waals surface area contributed by atoms with Gasteiger partial charge in [-0.2, -0.15) is 5.26 Å². The highest BCUT2D eigenvalue weighted by atomic mass is 32.1. The quantitative estimate of drug-likeness (QED) is 0.398. The van der Waals surface area contributed by atoms with Gasteiger partial charge in [0.25, 0.3) is 0 Å². The third kappa shape index (κ3) is 2.27. The zero-order valence-electron chi connectivity index (χ0n) is 6.27. The highest BCUT2D eigenvalue weighted by molar-refractivity contribution is 7.10. The standard InChI is InChI=1S/C7H6N4S/c8-4-6-3-7(12-5-6)1-2-10-11-9/h3,5H,1-2H2. The molecule has 0 spiro atoms. The average Bonchev–Trinajstić information content (AvgIpc) is 2.53. The Balaban J connectivity index is 2.53. The van der Waals surface area contributed by atoms with Crippen LogP contribution in [0, 0.1) is 11.3 Å². The van der Waals surface area contributed by atoms with Crippen molar-refractivity contribution in [3.05, 3.63) is 32.3 Å². The number of rotatable bonds is 3. The average molecular weight is 178 g/mol. The van der Waals surface area contributed by atoms with Gasteiger partial charge in [-0.3, -0.25) is 0 Å². The summed E-state index contributed by atoms with van der Waals surface area (Å²) in [6, 6.07) is 3.86. The lowest BCUT2D eigenvalue weighted by Crippen LogP contribution is -1.82. The number of hydrogen-bond acceptors (Lipinski definition) is 3. The van der Waals surface area contributed by atoms with E-state index in [2.05, 4.69) is 10.0 Å².